The van der Waals surface area contributed by atoms with Gasteiger partial charge in [-0.15, -0.1) is 0 Å². The third kappa shape index (κ3) is 4.05. The molecule has 2 atom stereocenters. The minimum absolute atomic E-state index is 0.0314. The normalized spacial score (nSPS) is 20.4. The summed E-state index contributed by atoms with van der Waals surface area (Å²) in [4.78, 5) is 32.4. The van der Waals surface area contributed by atoms with Crippen LogP contribution in [0.15, 0.2) is 47.5 Å². The number of fused-ring (bicyclic) bond motifs is 1. The number of esters is 1. The first kappa shape index (κ1) is 20.7. The van der Waals surface area contributed by atoms with Crippen LogP contribution in [-0.2, 0) is 27.3 Å². The summed E-state index contributed by atoms with van der Waals surface area (Å²) >= 11 is 0. The van der Waals surface area contributed by atoms with Crippen molar-refractivity contribution in [1.29, 1.82) is 0 Å². The van der Waals surface area contributed by atoms with E-state index in [1.165, 1.54) is 24.3 Å². The number of guanidine groups is 1. The van der Waals surface area contributed by atoms with Gasteiger partial charge < -0.3 is 19.5 Å². The first-order valence-corrected chi connectivity index (χ1v) is 10.3. The van der Waals surface area contributed by atoms with Gasteiger partial charge in [-0.05, 0) is 42.2 Å². The number of phenolic OH excluding ortho intramolecular Hbond substituents is 1. The SMILES string of the molecule is CCOC(=O)[C@@H]1C(=O)NC(N2CCc3ccccc3C2)=N[C@H]1c1ccc(O)c(OC)c1. The zero-order chi connectivity index (χ0) is 22.0. The summed E-state index contributed by atoms with van der Waals surface area (Å²) in [6.45, 7) is 3.17. The number of methoxy groups -OCH3 is 1. The summed E-state index contributed by atoms with van der Waals surface area (Å²) in [5.41, 5.74) is 3.05. The number of carbonyl (C=O) groups is 2. The molecule has 31 heavy (non-hydrogen) atoms. The molecule has 8 heteroatoms. The molecule has 0 unspecified atom stereocenters. The fraction of sp³-hybridized carbons (Fsp3) is 0.348. The van der Waals surface area contributed by atoms with Gasteiger partial charge in [0.15, 0.2) is 17.4 Å². The number of hydrogen-bond donors (Lipinski definition) is 2. The number of benzene rings is 2. The highest BCUT2D eigenvalue weighted by atomic mass is 16.5. The van der Waals surface area contributed by atoms with E-state index in [9.17, 15) is 14.7 Å². The van der Waals surface area contributed by atoms with Crippen LogP contribution in [0.25, 0.3) is 0 Å². The quantitative estimate of drug-likeness (QED) is 0.578. The molecule has 1 amide bonds. The van der Waals surface area contributed by atoms with Crippen molar-refractivity contribution >= 4 is 17.8 Å². The summed E-state index contributed by atoms with van der Waals surface area (Å²) < 4.78 is 10.4. The lowest BCUT2D eigenvalue weighted by Crippen LogP contribution is -2.53. The second kappa shape index (κ2) is 8.67. The highest BCUT2D eigenvalue weighted by molar-refractivity contribution is 6.08. The van der Waals surface area contributed by atoms with Crippen molar-refractivity contribution in [2.75, 3.05) is 20.3 Å². The van der Waals surface area contributed by atoms with Crippen molar-refractivity contribution in [3.05, 3.63) is 59.2 Å². The lowest BCUT2D eigenvalue weighted by Gasteiger charge is -2.36. The summed E-state index contributed by atoms with van der Waals surface area (Å²) in [6, 6.07) is 12.1. The van der Waals surface area contributed by atoms with E-state index in [1.54, 1.807) is 19.1 Å². The molecule has 0 saturated heterocycles. The molecule has 0 aromatic heterocycles. The maximum atomic E-state index is 13.0. The Morgan fingerprint density at radius 2 is 2.03 bits per heavy atom. The standard InChI is InChI=1S/C23H25N3O5/c1-3-31-22(29)19-20(15-8-9-17(27)18(12-15)30-2)24-23(25-21(19)28)26-11-10-14-6-4-5-7-16(14)13-26/h4-9,12,19-20,27H,3,10-11,13H2,1-2H3,(H,24,25,28)/t19-,20-/m0/s1. The topological polar surface area (TPSA) is 100 Å². The Morgan fingerprint density at radius 3 is 2.77 bits per heavy atom. The molecule has 2 aromatic carbocycles. The number of amides is 1. The maximum Gasteiger partial charge on any atom is 0.321 e. The summed E-state index contributed by atoms with van der Waals surface area (Å²) in [5.74, 6) is -1.58. The van der Waals surface area contributed by atoms with E-state index in [0.29, 0.717) is 24.6 Å². The van der Waals surface area contributed by atoms with E-state index in [1.807, 2.05) is 17.0 Å². The van der Waals surface area contributed by atoms with Gasteiger partial charge in [-0.25, -0.2) is 4.99 Å². The molecule has 0 spiro atoms. The summed E-state index contributed by atoms with van der Waals surface area (Å²) in [7, 11) is 1.44. The number of hydrogen-bond acceptors (Lipinski definition) is 7. The van der Waals surface area contributed by atoms with E-state index in [-0.39, 0.29) is 18.1 Å². The van der Waals surface area contributed by atoms with Crippen molar-refractivity contribution in [3.63, 3.8) is 0 Å². The second-order valence-corrected chi connectivity index (χ2v) is 7.49. The van der Waals surface area contributed by atoms with Crippen molar-refractivity contribution in [2.24, 2.45) is 10.9 Å². The minimum atomic E-state index is -1.13. The Morgan fingerprint density at radius 1 is 1.26 bits per heavy atom. The molecule has 2 aliphatic heterocycles. The van der Waals surface area contributed by atoms with Gasteiger partial charge in [0.2, 0.25) is 11.9 Å². The number of nitrogens with zero attached hydrogens (tertiary/aromatic N) is 2. The first-order valence-electron chi connectivity index (χ1n) is 10.3. The van der Waals surface area contributed by atoms with Crippen LogP contribution < -0.4 is 10.1 Å². The van der Waals surface area contributed by atoms with E-state index >= 15 is 0 Å². The van der Waals surface area contributed by atoms with Crippen LogP contribution in [0, 0.1) is 5.92 Å². The smallest absolute Gasteiger partial charge is 0.321 e. The predicted molar refractivity (Wildman–Crippen MR) is 114 cm³/mol. The molecule has 2 aromatic rings. The number of aliphatic imine (C=N–C) groups is 1. The molecule has 0 radical (unpaired) electrons. The molecule has 8 nitrogen and oxygen atoms in total. The van der Waals surface area contributed by atoms with Crippen LogP contribution in [0.3, 0.4) is 0 Å². The Bertz CT molecular complexity index is 1040. The average Bonchev–Trinajstić information content (AvgIpc) is 2.78. The van der Waals surface area contributed by atoms with E-state index in [2.05, 4.69) is 17.4 Å². The van der Waals surface area contributed by atoms with E-state index in [0.717, 1.165) is 6.42 Å². The predicted octanol–water partition coefficient (Wildman–Crippen LogP) is 2.17. The Balaban J connectivity index is 1.72. The first-order chi connectivity index (χ1) is 15.0. The van der Waals surface area contributed by atoms with Gasteiger partial charge in [-0.2, -0.15) is 0 Å². The fourth-order valence-electron chi connectivity index (χ4n) is 4.02. The van der Waals surface area contributed by atoms with Gasteiger partial charge >= 0.3 is 5.97 Å². The number of aromatic hydroxyl groups is 1. The van der Waals surface area contributed by atoms with Gasteiger partial charge in [-0.1, -0.05) is 30.3 Å². The molecular weight excluding hydrogens is 398 g/mol. The number of carbonyl (C=O) groups excluding carboxylic acids is 2. The zero-order valence-electron chi connectivity index (χ0n) is 17.5. The van der Waals surface area contributed by atoms with Crippen molar-refractivity contribution in [1.82, 2.24) is 10.2 Å². The molecule has 0 saturated carbocycles. The van der Waals surface area contributed by atoms with Crippen LogP contribution in [0.2, 0.25) is 0 Å². The van der Waals surface area contributed by atoms with Crippen molar-refractivity contribution in [2.45, 2.75) is 25.9 Å². The van der Waals surface area contributed by atoms with Crippen molar-refractivity contribution < 1.29 is 24.2 Å². The molecule has 0 aliphatic carbocycles. The van der Waals surface area contributed by atoms with Gasteiger partial charge in [-0.3, -0.25) is 14.9 Å². The number of phenols is 1. The highest BCUT2D eigenvalue weighted by Gasteiger charge is 2.42. The molecule has 4 rings (SSSR count). The Hall–Kier alpha value is -3.55. The summed E-state index contributed by atoms with van der Waals surface area (Å²) in [5, 5.41) is 12.8. The number of nitrogens with one attached hydrogen (secondary N) is 1. The van der Waals surface area contributed by atoms with Crippen LogP contribution >= 0.6 is 0 Å². The highest BCUT2D eigenvalue weighted by Crippen LogP contribution is 2.36. The van der Waals surface area contributed by atoms with Gasteiger partial charge in [0.25, 0.3) is 0 Å². The molecule has 2 aliphatic rings. The van der Waals surface area contributed by atoms with Crippen LogP contribution in [0.5, 0.6) is 11.5 Å². The fourth-order valence-corrected chi connectivity index (χ4v) is 4.02. The van der Waals surface area contributed by atoms with Crippen LogP contribution in [0.4, 0.5) is 0 Å². The molecule has 2 heterocycles. The third-order valence-corrected chi connectivity index (χ3v) is 5.61. The Kier molecular flexibility index (Phi) is 5.79. The largest absolute Gasteiger partial charge is 0.504 e. The Labute approximate surface area is 180 Å². The molecular formula is C23H25N3O5. The van der Waals surface area contributed by atoms with Gasteiger partial charge in [0.05, 0.1) is 13.7 Å². The lowest BCUT2D eigenvalue weighted by molar-refractivity contribution is -0.153. The molecule has 0 bridgehead atoms. The summed E-state index contributed by atoms with van der Waals surface area (Å²) in [6.07, 6.45) is 0.837. The van der Waals surface area contributed by atoms with E-state index in [4.69, 9.17) is 14.5 Å². The minimum Gasteiger partial charge on any atom is -0.504 e. The van der Waals surface area contributed by atoms with E-state index < -0.39 is 23.8 Å². The average molecular weight is 423 g/mol. The van der Waals surface area contributed by atoms with Crippen LogP contribution in [-0.4, -0.2) is 48.1 Å². The number of ether oxygens (including phenoxy) is 2. The van der Waals surface area contributed by atoms with Crippen molar-refractivity contribution in [3.8, 4) is 11.5 Å². The lowest BCUT2D eigenvalue weighted by atomic mass is 9.91. The molecule has 0 fully saturated rings. The second-order valence-electron chi connectivity index (χ2n) is 7.49. The molecule has 162 valence electrons. The van der Waals surface area contributed by atoms with Crippen LogP contribution in [0.1, 0.15) is 29.7 Å². The maximum absolute atomic E-state index is 13.0. The van der Waals surface area contributed by atoms with Gasteiger partial charge in [0.1, 0.15) is 6.04 Å². The monoisotopic (exact) mass is 423 g/mol. The number of rotatable bonds is 4. The zero-order valence-corrected chi connectivity index (χ0v) is 17.5. The third-order valence-electron chi connectivity index (χ3n) is 5.61. The van der Waals surface area contributed by atoms with Gasteiger partial charge in [0, 0.05) is 13.1 Å². The molecule has 2 N–H and O–H groups in total.